The van der Waals surface area contributed by atoms with Gasteiger partial charge in [-0.2, -0.15) is 0 Å². The summed E-state index contributed by atoms with van der Waals surface area (Å²) >= 11 is 0. The number of nitrogens with two attached hydrogens (primary N) is 3. The van der Waals surface area contributed by atoms with Crippen molar-refractivity contribution in [1.29, 1.82) is 0 Å². The fraction of sp³-hybridized carbons (Fsp3) is 0.593. The van der Waals surface area contributed by atoms with Crippen LogP contribution in [0, 0.1) is 5.92 Å². The van der Waals surface area contributed by atoms with Crippen LogP contribution in [0.2, 0.25) is 0 Å². The predicted molar refractivity (Wildman–Crippen MR) is 146 cm³/mol. The molecule has 10 nitrogen and oxygen atoms in total. The molecule has 0 atom stereocenters. The third kappa shape index (κ3) is 5.97. The molecule has 10 heteroatoms. The number of rotatable bonds is 7. The molecule has 200 valence electrons. The first-order valence-corrected chi connectivity index (χ1v) is 13.7. The van der Waals surface area contributed by atoms with Gasteiger partial charge in [0.2, 0.25) is 0 Å². The summed E-state index contributed by atoms with van der Waals surface area (Å²) in [5, 5.41) is 1.62. The van der Waals surface area contributed by atoms with Gasteiger partial charge in [-0.05, 0) is 69.5 Å². The zero-order chi connectivity index (χ0) is 25.7. The highest BCUT2D eigenvalue weighted by molar-refractivity contribution is 5.60. The van der Waals surface area contributed by atoms with Crippen LogP contribution in [0.1, 0.15) is 56.3 Å². The van der Waals surface area contributed by atoms with Gasteiger partial charge >= 0.3 is 0 Å². The molecule has 6 N–H and O–H groups in total. The van der Waals surface area contributed by atoms with Crippen molar-refractivity contribution < 1.29 is 4.74 Å². The van der Waals surface area contributed by atoms with Crippen LogP contribution in [0.4, 0.5) is 11.5 Å². The maximum absolute atomic E-state index is 6.51. The molecule has 4 aliphatic rings. The Balaban J connectivity index is 0.000000503. The van der Waals surface area contributed by atoms with Gasteiger partial charge in [0, 0.05) is 32.4 Å². The second-order valence-corrected chi connectivity index (χ2v) is 10.6. The van der Waals surface area contributed by atoms with E-state index in [2.05, 4.69) is 26.9 Å². The number of pyridine rings is 1. The summed E-state index contributed by atoms with van der Waals surface area (Å²) in [5.41, 5.74) is 14.2. The van der Waals surface area contributed by atoms with Crippen molar-refractivity contribution in [2.24, 2.45) is 23.2 Å². The SMILES string of the molecule is N/C(=C\N(N)C1(c2ccc(N3CCCCC3)cn2)COC1)c1cncc(N2CCCC2)n1.NCC1CC1. The van der Waals surface area contributed by atoms with Crippen LogP contribution < -0.4 is 27.1 Å². The Bertz CT molecular complexity index is 1040. The molecule has 0 unspecified atom stereocenters. The predicted octanol–water partition coefficient (Wildman–Crippen LogP) is 2.18. The summed E-state index contributed by atoms with van der Waals surface area (Å²) in [6.07, 6.45) is 16.1. The van der Waals surface area contributed by atoms with Gasteiger partial charge in [-0.3, -0.25) is 15.0 Å². The van der Waals surface area contributed by atoms with Crippen LogP contribution in [0.5, 0.6) is 0 Å². The Kier molecular flexibility index (Phi) is 8.07. The molecule has 0 aromatic carbocycles. The van der Waals surface area contributed by atoms with Gasteiger partial charge in [0.1, 0.15) is 17.1 Å². The van der Waals surface area contributed by atoms with Crippen molar-refractivity contribution in [3.63, 3.8) is 0 Å². The van der Waals surface area contributed by atoms with Gasteiger partial charge in [-0.1, -0.05) is 0 Å². The zero-order valence-corrected chi connectivity index (χ0v) is 21.8. The Hall–Kier alpha value is -2.95. The normalized spacial score (nSPS) is 21.2. The van der Waals surface area contributed by atoms with Crippen molar-refractivity contribution in [3.8, 4) is 0 Å². The van der Waals surface area contributed by atoms with Gasteiger partial charge in [0.25, 0.3) is 0 Å². The van der Waals surface area contributed by atoms with E-state index in [1.54, 1.807) is 23.6 Å². The molecule has 0 bridgehead atoms. The van der Waals surface area contributed by atoms with E-state index in [-0.39, 0.29) is 0 Å². The van der Waals surface area contributed by atoms with E-state index in [1.807, 2.05) is 6.20 Å². The smallest absolute Gasteiger partial charge is 0.147 e. The summed E-state index contributed by atoms with van der Waals surface area (Å²) in [4.78, 5) is 18.4. The first-order chi connectivity index (χ1) is 18.1. The lowest BCUT2D eigenvalue weighted by molar-refractivity contribution is -0.133. The second-order valence-electron chi connectivity index (χ2n) is 10.6. The van der Waals surface area contributed by atoms with E-state index in [9.17, 15) is 0 Å². The maximum Gasteiger partial charge on any atom is 0.147 e. The van der Waals surface area contributed by atoms with Crippen molar-refractivity contribution in [3.05, 3.63) is 48.3 Å². The molecule has 2 aromatic rings. The van der Waals surface area contributed by atoms with Crippen LogP contribution >= 0.6 is 0 Å². The van der Waals surface area contributed by atoms with E-state index < -0.39 is 5.54 Å². The van der Waals surface area contributed by atoms with Crippen molar-refractivity contribution >= 4 is 17.2 Å². The highest BCUT2D eigenvalue weighted by Crippen LogP contribution is 2.35. The average molecular weight is 508 g/mol. The van der Waals surface area contributed by atoms with Crippen molar-refractivity contribution in [2.75, 3.05) is 55.7 Å². The lowest BCUT2D eigenvalue weighted by atomic mass is 9.91. The van der Waals surface area contributed by atoms with Gasteiger partial charge < -0.3 is 26.0 Å². The van der Waals surface area contributed by atoms with E-state index in [0.29, 0.717) is 24.6 Å². The molecule has 1 saturated carbocycles. The Labute approximate surface area is 219 Å². The molecule has 6 rings (SSSR count). The maximum atomic E-state index is 6.51. The zero-order valence-electron chi connectivity index (χ0n) is 21.8. The first kappa shape index (κ1) is 25.7. The number of hydrazine groups is 1. The van der Waals surface area contributed by atoms with E-state index in [0.717, 1.165) is 55.8 Å². The van der Waals surface area contributed by atoms with E-state index >= 15 is 0 Å². The quantitative estimate of drug-likeness (QED) is 0.378. The van der Waals surface area contributed by atoms with Crippen LogP contribution in [0.25, 0.3) is 5.70 Å². The molecular formula is C27H41N9O. The van der Waals surface area contributed by atoms with Gasteiger partial charge in [0.15, 0.2) is 0 Å². The Morgan fingerprint density at radius 3 is 2.27 bits per heavy atom. The third-order valence-corrected chi connectivity index (χ3v) is 7.78. The second kappa shape index (κ2) is 11.6. The number of nitrogens with zero attached hydrogens (tertiary/aromatic N) is 6. The van der Waals surface area contributed by atoms with Crippen LogP contribution in [0.3, 0.4) is 0 Å². The minimum Gasteiger partial charge on any atom is -0.396 e. The minimum atomic E-state index is -0.537. The highest BCUT2D eigenvalue weighted by Gasteiger charge is 2.45. The average Bonchev–Trinajstić information content (AvgIpc) is 3.61. The summed E-state index contributed by atoms with van der Waals surface area (Å²) in [7, 11) is 0. The summed E-state index contributed by atoms with van der Waals surface area (Å²) in [5.74, 6) is 8.28. The van der Waals surface area contributed by atoms with Crippen LogP contribution in [0.15, 0.2) is 36.9 Å². The van der Waals surface area contributed by atoms with Gasteiger partial charge in [-0.15, -0.1) is 0 Å². The van der Waals surface area contributed by atoms with E-state index in [1.165, 1.54) is 44.9 Å². The molecule has 2 aromatic heterocycles. The molecule has 0 spiro atoms. The summed E-state index contributed by atoms with van der Waals surface area (Å²) in [6.45, 7) is 6.03. The molecule has 37 heavy (non-hydrogen) atoms. The largest absolute Gasteiger partial charge is 0.396 e. The monoisotopic (exact) mass is 507 g/mol. The molecule has 1 aliphatic carbocycles. The lowest BCUT2D eigenvalue weighted by Gasteiger charge is -2.46. The lowest BCUT2D eigenvalue weighted by Crippen LogP contribution is -2.60. The molecule has 0 radical (unpaired) electrons. The third-order valence-electron chi connectivity index (χ3n) is 7.78. The number of anilines is 2. The first-order valence-electron chi connectivity index (χ1n) is 13.7. The summed E-state index contributed by atoms with van der Waals surface area (Å²) in [6, 6.07) is 4.20. The Morgan fingerprint density at radius 1 is 1.00 bits per heavy atom. The number of aromatic nitrogens is 3. The van der Waals surface area contributed by atoms with Gasteiger partial charge in [-0.25, -0.2) is 10.8 Å². The fourth-order valence-corrected chi connectivity index (χ4v) is 5.01. The number of ether oxygens (including phenoxy) is 1. The molecule has 0 amide bonds. The highest BCUT2D eigenvalue weighted by atomic mass is 16.5. The molecule has 5 heterocycles. The number of hydrogen-bond acceptors (Lipinski definition) is 10. The standard InChI is InChI=1S/C23H32N8O.C4H9N/c24-19(20-13-26-14-22(28-20)30-10-4-5-11-30)15-31(25)23(16-32-17-23)21-7-6-18(12-27-21)29-8-2-1-3-9-29;5-3-4-1-2-4/h6-7,12-15H,1-5,8-11,16-17,24-25H2;4H,1-3,5H2/b19-15-;. The molecule has 4 fully saturated rings. The number of piperidine rings is 1. The van der Waals surface area contributed by atoms with Crippen molar-refractivity contribution in [1.82, 2.24) is 20.0 Å². The fourth-order valence-electron chi connectivity index (χ4n) is 5.01. The molecule has 3 aliphatic heterocycles. The van der Waals surface area contributed by atoms with Gasteiger partial charge in [0.05, 0.1) is 48.9 Å². The van der Waals surface area contributed by atoms with Crippen LogP contribution in [-0.4, -0.2) is 65.9 Å². The minimum absolute atomic E-state index is 0.461. The van der Waals surface area contributed by atoms with Crippen molar-refractivity contribution in [2.45, 2.75) is 50.5 Å². The van der Waals surface area contributed by atoms with E-state index in [4.69, 9.17) is 32.0 Å². The molecular weight excluding hydrogens is 466 g/mol. The van der Waals surface area contributed by atoms with Crippen LogP contribution in [-0.2, 0) is 10.3 Å². The summed E-state index contributed by atoms with van der Waals surface area (Å²) < 4.78 is 5.56. The Morgan fingerprint density at radius 2 is 1.70 bits per heavy atom. The topological polar surface area (TPSA) is 136 Å². The number of hydrogen-bond donors (Lipinski definition) is 3. The molecule has 3 saturated heterocycles.